The Morgan fingerprint density at radius 2 is 2.29 bits per heavy atom. The van der Waals surface area contributed by atoms with Gasteiger partial charge in [-0.25, -0.2) is 5.84 Å². The highest BCUT2D eigenvalue weighted by Crippen LogP contribution is 2.35. The molecule has 1 aromatic carbocycles. The quantitative estimate of drug-likeness (QED) is 0.335. The number of nitrogens with one attached hydrogen (secondary N) is 1. The lowest BCUT2D eigenvalue weighted by atomic mass is 10.1. The van der Waals surface area contributed by atoms with Crippen molar-refractivity contribution in [3.63, 3.8) is 0 Å². The highest BCUT2D eigenvalue weighted by Gasteiger charge is 2.17. The topological polar surface area (TPSA) is 72.9 Å². The van der Waals surface area contributed by atoms with E-state index in [9.17, 15) is 4.79 Å². The van der Waals surface area contributed by atoms with Crippen molar-refractivity contribution in [2.75, 3.05) is 0 Å². The Morgan fingerprint density at radius 3 is 3.00 bits per heavy atom. The maximum Gasteiger partial charge on any atom is 0.275 e. The van der Waals surface area contributed by atoms with Crippen LogP contribution in [-0.4, -0.2) is 15.7 Å². The maximum atomic E-state index is 12.0. The fraction of sp³-hybridized carbons (Fsp3) is 0.143. The molecular formula is C14H14N4OS2. The van der Waals surface area contributed by atoms with Gasteiger partial charge in [-0.3, -0.25) is 14.9 Å². The van der Waals surface area contributed by atoms with Gasteiger partial charge in [-0.2, -0.15) is 5.10 Å². The largest absolute Gasteiger partial charge is 0.289 e. The Kier molecular flexibility index (Phi) is 3.96. The van der Waals surface area contributed by atoms with Crippen molar-refractivity contribution in [1.82, 2.24) is 15.2 Å². The number of amides is 1. The fourth-order valence-corrected chi connectivity index (χ4v) is 4.30. The number of aryl methyl sites for hydroxylation is 1. The van der Waals surface area contributed by atoms with Gasteiger partial charge in [0.2, 0.25) is 0 Å². The first-order valence-corrected chi connectivity index (χ1v) is 8.12. The smallest absolute Gasteiger partial charge is 0.275 e. The molecule has 2 aromatic heterocycles. The molecule has 0 unspecified atom stereocenters. The van der Waals surface area contributed by atoms with Crippen molar-refractivity contribution >= 4 is 39.1 Å². The van der Waals surface area contributed by atoms with E-state index in [2.05, 4.69) is 10.5 Å². The summed E-state index contributed by atoms with van der Waals surface area (Å²) in [6.45, 7) is 0. The average molecular weight is 318 g/mol. The summed E-state index contributed by atoms with van der Waals surface area (Å²) in [4.78, 5) is 13.7. The summed E-state index contributed by atoms with van der Waals surface area (Å²) < 4.78 is 2.86. The highest BCUT2D eigenvalue weighted by molar-refractivity contribution is 7.98. The zero-order valence-corrected chi connectivity index (χ0v) is 13.0. The molecule has 0 spiro atoms. The third kappa shape index (κ3) is 2.80. The SMILES string of the molecule is Cn1cc(SCc2c(C(=O)NN)sc3ccccc23)cn1. The number of fused-ring (bicyclic) bond motifs is 1. The molecule has 0 fully saturated rings. The van der Waals surface area contributed by atoms with E-state index < -0.39 is 0 Å². The van der Waals surface area contributed by atoms with E-state index in [4.69, 9.17) is 5.84 Å². The van der Waals surface area contributed by atoms with Crippen LogP contribution in [0.1, 0.15) is 15.2 Å². The van der Waals surface area contributed by atoms with Gasteiger partial charge in [-0.05, 0) is 17.0 Å². The molecule has 0 aliphatic heterocycles. The first kappa shape index (κ1) is 14.1. The molecule has 7 heteroatoms. The third-order valence-corrected chi connectivity index (χ3v) is 5.29. The molecule has 108 valence electrons. The first-order valence-electron chi connectivity index (χ1n) is 6.32. The predicted molar refractivity (Wildman–Crippen MR) is 86.2 cm³/mol. The molecule has 1 amide bonds. The summed E-state index contributed by atoms with van der Waals surface area (Å²) in [7, 11) is 1.89. The van der Waals surface area contributed by atoms with Crippen LogP contribution in [0.5, 0.6) is 0 Å². The van der Waals surface area contributed by atoms with E-state index >= 15 is 0 Å². The van der Waals surface area contributed by atoms with Crippen LogP contribution >= 0.6 is 23.1 Å². The molecule has 3 aromatic rings. The van der Waals surface area contributed by atoms with Crippen LogP contribution in [0.2, 0.25) is 0 Å². The maximum absolute atomic E-state index is 12.0. The van der Waals surface area contributed by atoms with Gasteiger partial charge in [0.25, 0.3) is 5.91 Å². The van der Waals surface area contributed by atoms with E-state index in [1.54, 1.807) is 16.4 Å². The van der Waals surface area contributed by atoms with Crippen LogP contribution in [0.3, 0.4) is 0 Å². The van der Waals surface area contributed by atoms with Gasteiger partial charge in [0.1, 0.15) is 0 Å². The summed E-state index contributed by atoms with van der Waals surface area (Å²) in [5, 5.41) is 5.26. The number of carbonyl (C=O) groups excluding carboxylic acids is 1. The molecule has 3 rings (SSSR count). The number of carbonyl (C=O) groups is 1. The van der Waals surface area contributed by atoms with Crippen molar-refractivity contribution < 1.29 is 4.79 Å². The van der Waals surface area contributed by atoms with Gasteiger partial charge in [0, 0.05) is 28.6 Å². The van der Waals surface area contributed by atoms with Crippen molar-refractivity contribution in [2.45, 2.75) is 10.6 Å². The zero-order chi connectivity index (χ0) is 14.8. The number of hydrazine groups is 1. The van der Waals surface area contributed by atoms with Crippen molar-refractivity contribution in [2.24, 2.45) is 12.9 Å². The molecule has 0 atom stereocenters. The van der Waals surface area contributed by atoms with E-state index in [-0.39, 0.29) is 5.91 Å². The van der Waals surface area contributed by atoms with E-state index in [1.807, 2.05) is 43.7 Å². The van der Waals surface area contributed by atoms with Gasteiger partial charge in [-0.15, -0.1) is 23.1 Å². The second kappa shape index (κ2) is 5.88. The van der Waals surface area contributed by atoms with Crippen LogP contribution < -0.4 is 11.3 Å². The summed E-state index contributed by atoms with van der Waals surface area (Å²) >= 11 is 3.13. The Labute approximate surface area is 130 Å². The molecule has 2 heterocycles. The minimum Gasteiger partial charge on any atom is -0.289 e. The molecule has 0 aliphatic carbocycles. The zero-order valence-electron chi connectivity index (χ0n) is 11.4. The van der Waals surface area contributed by atoms with Crippen molar-refractivity contribution in [3.8, 4) is 0 Å². The van der Waals surface area contributed by atoms with E-state index in [0.29, 0.717) is 10.6 Å². The standard InChI is InChI=1S/C14H14N4OS2/c1-18-7-9(6-16-18)20-8-11-10-4-2-3-5-12(10)21-13(11)14(19)17-15/h2-7H,8,15H2,1H3,(H,17,19). The Bertz CT molecular complexity index is 793. The Hall–Kier alpha value is -1.83. The minimum atomic E-state index is -0.238. The van der Waals surface area contributed by atoms with Crippen LogP contribution in [0.4, 0.5) is 0 Å². The van der Waals surface area contributed by atoms with Crippen LogP contribution in [0.15, 0.2) is 41.6 Å². The molecule has 0 saturated heterocycles. The average Bonchev–Trinajstić information content (AvgIpc) is 3.07. The summed E-state index contributed by atoms with van der Waals surface area (Å²) in [6, 6.07) is 8.02. The van der Waals surface area contributed by atoms with Crippen molar-refractivity contribution in [3.05, 3.63) is 47.1 Å². The van der Waals surface area contributed by atoms with E-state index in [1.165, 1.54) is 11.3 Å². The number of nitrogen functional groups attached to an aromatic ring is 1. The lowest BCUT2D eigenvalue weighted by Crippen LogP contribution is -2.29. The first-order chi connectivity index (χ1) is 10.2. The molecule has 0 radical (unpaired) electrons. The molecular weight excluding hydrogens is 304 g/mol. The fourth-order valence-electron chi connectivity index (χ4n) is 2.12. The lowest BCUT2D eigenvalue weighted by Gasteiger charge is -2.02. The Balaban J connectivity index is 1.96. The number of thioether (sulfide) groups is 1. The summed E-state index contributed by atoms with van der Waals surface area (Å²) in [6.07, 6.45) is 3.78. The molecule has 0 aliphatic rings. The molecule has 3 N–H and O–H groups in total. The number of hydrogen-bond donors (Lipinski definition) is 2. The van der Waals surface area contributed by atoms with Gasteiger partial charge in [0.15, 0.2) is 0 Å². The lowest BCUT2D eigenvalue weighted by molar-refractivity contribution is 0.0957. The van der Waals surface area contributed by atoms with Gasteiger partial charge in [0.05, 0.1) is 11.1 Å². The number of benzene rings is 1. The predicted octanol–water partition coefficient (Wildman–Crippen LogP) is 2.53. The third-order valence-electron chi connectivity index (χ3n) is 3.10. The van der Waals surface area contributed by atoms with Crippen LogP contribution in [0.25, 0.3) is 10.1 Å². The number of thiophene rings is 1. The van der Waals surface area contributed by atoms with Gasteiger partial charge < -0.3 is 0 Å². The van der Waals surface area contributed by atoms with Crippen LogP contribution in [0, 0.1) is 0 Å². The monoisotopic (exact) mass is 318 g/mol. The van der Waals surface area contributed by atoms with Crippen molar-refractivity contribution in [1.29, 1.82) is 0 Å². The highest BCUT2D eigenvalue weighted by atomic mass is 32.2. The number of hydrogen-bond acceptors (Lipinski definition) is 5. The normalized spacial score (nSPS) is 11.0. The second-order valence-electron chi connectivity index (χ2n) is 4.52. The van der Waals surface area contributed by atoms with Crippen LogP contribution in [-0.2, 0) is 12.8 Å². The van der Waals surface area contributed by atoms with Gasteiger partial charge in [-0.1, -0.05) is 18.2 Å². The number of rotatable bonds is 4. The molecule has 0 saturated carbocycles. The summed E-state index contributed by atoms with van der Waals surface area (Å²) in [5.74, 6) is 5.76. The van der Waals surface area contributed by atoms with Gasteiger partial charge >= 0.3 is 0 Å². The van der Waals surface area contributed by atoms with E-state index in [0.717, 1.165) is 20.5 Å². The number of nitrogens with zero attached hydrogens (tertiary/aromatic N) is 2. The molecule has 21 heavy (non-hydrogen) atoms. The number of nitrogens with two attached hydrogens (primary N) is 1. The minimum absolute atomic E-state index is 0.238. The Morgan fingerprint density at radius 1 is 1.48 bits per heavy atom. The summed E-state index contributed by atoms with van der Waals surface area (Å²) in [5.41, 5.74) is 3.25. The number of aromatic nitrogens is 2. The second-order valence-corrected chi connectivity index (χ2v) is 6.62. The molecule has 0 bridgehead atoms. The molecule has 5 nitrogen and oxygen atoms in total.